The van der Waals surface area contributed by atoms with Crippen molar-refractivity contribution in [3.8, 4) is 0 Å². The van der Waals surface area contributed by atoms with Gasteiger partial charge < -0.3 is 10.6 Å². The maximum atomic E-state index is 12.1. The fraction of sp³-hybridized carbons (Fsp3) is 0.583. The molecule has 0 bridgehead atoms. The summed E-state index contributed by atoms with van der Waals surface area (Å²) in [5.74, 6) is 0. The van der Waals surface area contributed by atoms with E-state index >= 15 is 0 Å². The Balaban J connectivity index is 1.82. The second kappa shape index (κ2) is 6.95. The summed E-state index contributed by atoms with van der Waals surface area (Å²) in [6.07, 6.45) is 3.33. The SMILES string of the molecule is NC(=S)c1ccc(S(=O)(=O)NCCCN2CCCC2)s1. The fourth-order valence-corrected chi connectivity index (χ4v) is 4.65. The van der Waals surface area contributed by atoms with Gasteiger partial charge in [0.1, 0.15) is 9.20 Å². The molecule has 20 heavy (non-hydrogen) atoms. The Morgan fingerprint density at radius 1 is 1.40 bits per heavy atom. The van der Waals surface area contributed by atoms with E-state index in [1.807, 2.05) is 0 Å². The van der Waals surface area contributed by atoms with Gasteiger partial charge in [0.25, 0.3) is 0 Å². The van der Waals surface area contributed by atoms with Crippen LogP contribution in [-0.4, -0.2) is 44.5 Å². The molecule has 2 heterocycles. The van der Waals surface area contributed by atoms with Gasteiger partial charge in [-0.15, -0.1) is 11.3 Å². The third-order valence-corrected chi connectivity index (χ3v) is 6.65. The van der Waals surface area contributed by atoms with Gasteiger partial charge in [-0.1, -0.05) is 12.2 Å². The minimum atomic E-state index is -3.43. The first-order chi connectivity index (χ1) is 9.49. The van der Waals surface area contributed by atoms with E-state index in [0.29, 0.717) is 11.4 Å². The zero-order chi connectivity index (χ0) is 14.6. The summed E-state index contributed by atoms with van der Waals surface area (Å²) in [5.41, 5.74) is 5.48. The van der Waals surface area contributed by atoms with E-state index in [0.717, 1.165) is 37.4 Å². The van der Waals surface area contributed by atoms with Crippen molar-refractivity contribution in [1.82, 2.24) is 9.62 Å². The standard InChI is InChI=1S/C12H19N3O2S3/c13-12(18)10-4-5-11(19-10)20(16,17)14-6-3-9-15-7-1-2-8-15/h4-5,14H,1-3,6-9H2,(H2,13,18). The van der Waals surface area contributed by atoms with E-state index in [1.54, 1.807) is 12.1 Å². The van der Waals surface area contributed by atoms with Gasteiger partial charge in [-0.2, -0.15) is 0 Å². The fourth-order valence-electron chi connectivity index (χ4n) is 2.18. The van der Waals surface area contributed by atoms with Crippen molar-refractivity contribution in [3.63, 3.8) is 0 Å². The van der Waals surface area contributed by atoms with Gasteiger partial charge in [-0.3, -0.25) is 0 Å². The Labute approximate surface area is 129 Å². The van der Waals surface area contributed by atoms with E-state index in [-0.39, 0.29) is 9.20 Å². The maximum Gasteiger partial charge on any atom is 0.250 e. The molecule has 8 heteroatoms. The molecular formula is C12H19N3O2S3. The molecule has 1 aliphatic rings. The minimum Gasteiger partial charge on any atom is -0.389 e. The highest BCUT2D eigenvalue weighted by atomic mass is 32.2. The van der Waals surface area contributed by atoms with E-state index in [9.17, 15) is 8.42 Å². The molecule has 1 aliphatic heterocycles. The first-order valence-corrected chi connectivity index (χ1v) is 9.31. The third-order valence-electron chi connectivity index (χ3n) is 3.23. The summed E-state index contributed by atoms with van der Waals surface area (Å²) in [7, 11) is -3.43. The van der Waals surface area contributed by atoms with Gasteiger partial charge >= 0.3 is 0 Å². The molecule has 0 radical (unpaired) electrons. The summed E-state index contributed by atoms with van der Waals surface area (Å²) in [6, 6.07) is 3.19. The lowest BCUT2D eigenvalue weighted by atomic mass is 10.4. The van der Waals surface area contributed by atoms with Crippen LogP contribution >= 0.6 is 23.6 Å². The van der Waals surface area contributed by atoms with Gasteiger partial charge in [0.15, 0.2) is 0 Å². The quantitative estimate of drug-likeness (QED) is 0.578. The molecule has 3 N–H and O–H groups in total. The van der Waals surface area contributed by atoms with Crippen molar-refractivity contribution >= 4 is 38.6 Å². The minimum absolute atomic E-state index is 0.227. The van der Waals surface area contributed by atoms with Crippen molar-refractivity contribution in [2.75, 3.05) is 26.2 Å². The maximum absolute atomic E-state index is 12.1. The van der Waals surface area contributed by atoms with Crippen molar-refractivity contribution in [3.05, 3.63) is 17.0 Å². The molecule has 0 aliphatic carbocycles. The first kappa shape index (κ1) is 15.8. The molecule has 1 aromatic rings. The second-order valence-corrected chi connectivity index (χ2v) is 8.30. The van der Waals surface area contributed by atoms with Crippen molar-refractivity contribution < 1.29 is 8.42 Å². The van der Waals surface area contributed by atoms with Gasteiger partial charge in [-0.05, 0) is 51.0 Å². The van der Waals surface area contributed by atoms with Crippen LogP contribution in [0.15, 0.2) is 16.3 Å². The Kier molecular flexibility index (Phi) is 5.50. The van der Waals surface area contributed by atoms with Crippen LogP contribution in [0.1, 0.15) is 24.1 Å². The van der Waals surface area contributed by atoms with Crippen LogP contribution in [-0.2, 0) is 10.0 Å². The largest absolute Gasteiger partial charge is 0.389 e. The molecule has 0 amide bonds. The molecule has 0 saturated carbocycles. The van der Waals surface area contributed by atoms with Crippen LogP contribution in [0, 0.1) is 0 Å². The molecular weight excluding hydrogens is 314 g/mol. The summed E-state index contributed by atoms with van der Waals surface area (Å²) in [4.78, 5) is 3.22. The number of thiophene rings is 1. The molecule has 0 atom stereocenters. The third kappa shape index (κ3) is 4.23. The number of rotatable bonds is 7. The number of thiocarbonyl (C=S) groups is 1. The number of likely N-dealkylation sites (tertiary alicyclic amines) is 1. The van der Waals surface area contributed by atoms with Crippen LogP contribution in [0.25, 0.3) is 0 Å². The number of hydrogen-bond donors (Lipinski definition) is 2. The van der Waals surface area contributed by atoms with Crippen LogP contribution in [0.5, 0.6) is 0 Å². The zero-order valence-electron chi connectivity index (χ0n) is 11.2. The van der Waals surface area contributed by atoms with Crippen molar-refractivity contribution in [2.45, 2.75) is 23.5 Å². The molecule has 0 unspecified atom stereocenters. The summed E-state index contributed by atoms with van der Waals surface area (Å²) in [6.45, 7) is 3.67. The Morgan fingerprint density at radius 3 is 2.70 bits per heavy atom. The number of nitrogens with two attached hydrogens (primary N) is 1. The topological polar surface area (TPSA) is 75.4 Å². The number of hydrogen-bond acceptors (Lipinski definition) is 5. The van der Waals surface area contributed by atoms with E-state index < -0.39 is 10.0 Å². The van der Waals surface area contributed by atoms with Crippen molar-refractivity contribution in [1.29, 1.82) is 0 Å². The highest BCUT2D eigenvalue weighted by Gasteiger charge is 2.17. The lowest BCUT2D eigenvalue weighted by Crippen LogP contribution is -2.28. The molecule has 2 rings (SSSR count). The summed E-state index contributed by atoms with van der Waals surface area (Å²) in [5, 5.41) is 0. The van der Waals surface area contributed by atoms with Crippen molar-refractivity contribution in [2.24, 2.45) is 5.73 Å². The lowest BCUT2D eigenvalue weighted by molar-refractivity contribution is 0.334. The van der Waals surface area contributed by atoms with E-state index in [1.165, 1.54) is 12.8 Å². The van der Waals surface area contributed by atoms with Gasteiger partial charge in [-0.25, -0.2) is 13.1 Å². The average molecular weight is 334 g/mol. The highest BCUT2D eigenvalue weighted by molar-refractivity contribution is 7.91. The molecule has 5 nitrogen and oxygen atoms in total. The lowest BCUT2D eigenvalue weighted by Gasteiger charge is -2.14. The molecule has 0 aromatic carbocycles. The Hall–Kier alpha value is -0.540. The molecule has 1 aromatic heterocycles. The summed E-state index contributed by atoms with van der Waals surface area (Å²) < 4.78 is 27.0. The average Bonchev–Trinajstić information content (AvgIpc) is 3.05. The van der Waals surface area contributed by atoms with Gasteiger partial charge in [0, 0.05) is 6.54 Å². The Morgan fingerprint density at radius 2 is 2.10 bits per heavy atom. The predicted octanol–water partition coefficient (Wildman–Crippen LogP) is 1.15. The molecule has 112 valence electrons. The van der Waals surface area contributed by atoms with E-state index in [4.69, 9.17) is 18.0 Å². The smallest absolute Gasteiger partial charge is 0.250 e. The number of sulfonamides is 1. The van der Waals surface area contributed by atoms with Gasteiger partial charge in [0.2, 0.25) is 10.0 Å². The van der Waals surface area contributed by atoms with E-state index in [2.05, 4.69) is 9.62 Å². The number of nitrogens with one attached hydrogen (secondary N) is 1. The van der Waals surface area contributed by atoms with Crippen LogP contribution in [0.2, 0.25) is 0 Å². The predicted molar refractivity (Wildman–Crippen MR) is 85.7 cm³/mol. The first-order valence-electron chi connectivity index (χ1n) is 6.61. The Bertz CT molecular complexity index is 562. The van der Waals surface area contributed by atoms with Crippen LogP contribution in [0.4, 0.5) is 0 Å². The molecule has 1 fully saturated rings. The molecule has 0 spiro atoms. The number of nitrogens with zero attached hydrogens (tertiary/aromatic N) is 1. The summed E-state index contributed by atoms with van der Waals surface area (Å²) >= 11 is 5.94. The monoisotopic (exact) mass is 333 g/mol. The molecule has 1 saturated heterocycles. The van der Waals surface area contributed by atoms with Crippen LogP contribution in [0.3, 0.4) is 0 Å². The van der Waals surface area contributed by atoms with Crippen LogP contribution < -0.4 is 10.5 Å². The normalized spacial score (nSPS) is 16.6. The highest BCUT2D eigenvalue weighted by Crippen LogP contribution is 2.21. The second-order valence-electron chi connectivity index (χ2n) is 4.78. The van der Waals surface area contributed by atoms with Gasteiger partial charge in [0.05, 0.1) is 4.88 Å². The zero-order valence-corrected chi connectivity index (χ0v) is 13.6.